The number of rotatable bonds is 3. The van der Waals surface area contributed by atoms with E-state index >= 15 is 0 Å². The molecule has 8 heteroatoms. The van der Waals surface area contributed by atoms with Gasteiger partial charge in [-0.05, 0) is 0 Å². The Bertz CT molecular complexity index is 578. The zero-order valence-corrected chi connectivity index (χ0v) is 8.88. The minimum atomic E-state index is -1.31. The SMILES string of the molecule is O=C(O)CC1=C(n2c(O)ccc2O)C(=O)NC1=O. The van der Waals surface area contributed by atoms with Crippen LogP contribution < -0.4 is 5.32 Å². The van der Waals surface area contributed by atoms with Gasteiger partial charge >= 0.3 is 5.97 Å². The highest BCUT2D eigenvalue weighted by Crippen LogP contribution is 2.31. The number of hydrogen-bond donors (Lipinski definition) is 4. The molecule has 2 heterocycles. The Labute approximate surface area is 99.8 Å². The fraction of sp³-hybridized carbons (Fsp3) is 0.100. The predicted octanol–water partition coefficient (Wildman–Crippen LogP) is -0.759. The molecule has 8 nitrogen and oxygen atoms in total. The minimum Gasteiger partial charge on any atom is -0.494 e. The van der Waals surface area contributed by atoms with E-state index in [0.29, 0.717) is 4.57 Å². The maximum atomic E-state index is 11.6. The number of aromatic hydroxyl groups is 2. The molecule has 0 aromatic carbocycles. The lowest BCUT2D eigenvalue weighted by Gasteiger charge is -2.06. The number of nitrogens with one attached hydrogen (secondary N) is 1. The summed E-state index contributed by atoms with van der Waals surface area (Å²) in [6.45, 7) is 0. The number of nitrogens with zero attached hydrogens (tertiary/aromatic N) is 1. The number of aromatic nitrogens is 1. The van der Waals surface area contributed by atoms with Gasteiger partial charge in [-0.2, -0.15) is 0 Å². The van der Waals surface area contributed by atoms with E-state index in [0.717, 1.165) is 12.1 Å². The van der Waals surface area contributed by atoms with E-state index in [4.69, 9.17) is 5.11 Å². The maximum Gasteiger partial charge on any atom is 0.308 e. The fourth-order valence-electron chi connectivity index (χ4n) is 1.68. The highest BCUT2D eigenvalue weighted by atomic mass is 16.4. The third-order valence-electron chi connectivity index (χ3n) is 2.39. The van der Waals surface area contributed by atoms with Gasteiger partial charge in [0, 0.05) is 12.1 Å². The summed E-state index contributed by atoms with van der Waals surface area (Å²) in [6, 6.07) is 2.22. The van der Waals surface area contributed by atoms with Crippen LogP contribution in [-0.2, 0) is 14.4 Å². The lowest BCUT2D eigenvalue weighted by molar-refractivity contribution is -0.137. The monoisotopic (exact) mass is 252 g/mol. The topological polar surface area (TPSA) is 129 Å². The summed E-state index contributed by atoms with van der Waals surface area (Å²) in [5, 5.41) is 29.5. The molecule has 2 rings (SSSR count). The van der Waals surface area contributed by atoms with Crippen molar-refractivity contribution in [3.05, 3.63) is 17.7 Å². The van der Waals surface area contributed by atoms with E-state index in [1.807, 2.05) is 5.32 Å². The molecule has 94 valence electrons. The second kappa shape index (κ2) is 3.91. The number of hydrogen-bond acceptors (Lipinski definition) is 5. The summed E-state index contributed by atoms with van der Waals surface area (Å²) < 4.78 is 0.707. The van der Waals surface area contributed by atoms with E-state index in [2.05, 4.69) is 0 Å². The first-order valence-corrected chi connectivity index (χ1v) is 4.82. The van der Waals surface area contributed by atoms with Crippen LogP contribution in [0.3, 0.4) is 0 Å². The van der Waals surface area contributed by atoms with Crippen molar-refractivity contribution in [2.24, 2.45) is 0 Å². The van der Waals surface area contributed by atoms with Crippen LogP contribution in [0.1, 0.15) is 6.42 Å². The second-order valence-corrected chi connectivity index (χ2v) is 3.57. The van der Waals surface area contributed by atoms with Gasteiger partial charge in [-0.15, -0.1) is 0 Å². The Balaban J connectivity index is 2.63. The van der Waals surface area contributed by atoms with Crippen molar-refractivity contribution in [2.45, 2.75) is 6.42 Å². The first-order chi connectivity index (χ1) is 8.41. The molecule has 4 N–H and O–H groups in total. The van der Waals surface area contributed by atoms with Gasteiger partial charge in [0.2, 0.25) is 0 Å². The first-order valence-electron chi connectivity index (χ1n) is 4.82. The number of carboxylic acid groups (broad SMARTS) is 1. The van der Waals surface area contributed by atoms with Crippen LogP contribution in [0.25, 0.3) is 5.70 Å². The minimum absolute atomic E-state index is 0.325. The van der Waals surface area contributed by atoms with Crippen LogP contribution >= 0.6 is 0 Å². The van der Waals surface area contributed by atoms with Crippen molar-refractivity contribution in [3.63, 3.8) is 0 Å². The average Bonchev–Trinajstić information content (AvgIpc) is 2.70. The maximum absolute atomic E-state index is 11.6. The van der Waals surface area contributed by atoms with Crippen LogP contribution in [0.2, 0.25) is 0 Å². The standard InChI is InChI=1S/C10H8N2O6/c13-5-1-2-6(14)12(5)8-4(3-7(15)16)9(17)11-10(8)18/h1-2,13-14H,3H2,(H,15,16)(H,11,17,18). The van der Waals surface area contributed by atoms with Crippen molar-refractivity contribution in [2.75, 3.05) is 0 Å². The van der Waals surface area contributed by atoms with Gasteiger partial charge in [-0.3, -0.25) is 19.7 Å². The normalized spacial score (nSPS) is 15.1. The molecule has 1 aliphatic heterocycles. The molecule has 2 amide bonds. The molecule has 1 aromatic heterocycles. The molecule has 1 aliphatic rings. The molecule has 0 bridgehead atoms. The lowest BCUT2D eigenvalue weighted by atomic mass is 10.1. The predicted molar refractivity (Wildman–Crippen MR) is 56.4 cm³/mol. The Morgan fingerprint density at radius 3 is 2.22 bits per heavy atom. The highest BCUT2D eigenvalue weighted by molar-refractivity contribution is 6.33. The van der Waals surface area contributed by atoms with Crippen LogP contribution in [0, 0.1) is 0 Å². The van der Waals surface area contributed by atoms with Gasteiger partial charge < -0.3 is 15.3 Å². The van der Waals surface area contributed by atoms with Crippen LogP contribution in [0.15, 0.2) is 17.7 Å². The van der Waals surface area contributed by atoms with E-state index in [-0.39, 0.29) is 11.3 Å². The van der Waals surface area contributed by atoms with Crippen molar-refractivity contribution in [3.8, 4) is 11.8 Å². The van der Waals surface area contributed by atoms with Crippen molar-refractivity contribution in [1.29, 1.82) is 0 Å². The quantitative estimate of drug-likeness (QED) is 0.523. The second-order valence-electron chi connectivity index (χ2n) is 3.57. The Kier molecular flexibility index (Phi) is 2.55. The Morgan fingerprint density at radius 1 is 1.17 bits per heavy atom. The molecule has 0 atom stereocenters. The molecule has 0 fully saturated rings. The molecule has 1 aromatic rings. The molecule has 18 heavy (non-hydrogen) atoms. The zero-order chi connectivity index (χ0) is 13.4. The van der Waals surface area contributed by atoms with Gasteiger partial charge in [0.1, 0.15) is 5.70 Å². The van der Waals surface area contributed by atoms with Crippen LogP contribution in [0.5, 0.6) is 11.8 Å². The number of carboxylic acids is 1. The molecule has 0 spiro atoms. The molecule has 0 saturated carbocycles. The van der Waals surface area contributed by atoms with Gasteiger partial charge in [-0.1, -0.05) is 0 Å². The summed E-state index contributed by atoms with van der Waals surface area (Å²) in [5.41, 5.74) is -0.711. The smallest absolute Gasteiger partial charge is 0.308 e. The molecule has 0 unspecified atom stereocenters. The van der Waals surface area contributed by atoms with Crippen LogP contribution in [0.4, 0.5) is 0 Å². The molecule has 0 saturated heterocycles. The van der Waals surface area contributed by atoms with Crippen molar-refractivity contribution < 1.29 is 29.7 Å². The Morgan fingerprint density at radius 2 is 1.72 bits per heavy atom. The Hall–Kier alpha value is -2.77. The van der Waals surface area contributed by atoms with Gasteiger partial charge in [0.05, 0.1) is 12.0 Å². The first kappa shape index (κ1) is 11.7. The summed E-state index contributed by atoms with van der Waals surface area (Å²) >= 11 is 0. The molecular weight excluding hydrogens is 244 g/mol. The zero-order valence-electron chi connectivity index (χ0n) is 8.88. The largest absolute Gasteiger partial charge is 0.494 e. The molecule has 0 aliphatic carbocycles. The third-order valence-corrected chi connectivity index (χ3v) is 2.39. The highest BCUT2D eigenvalue weighted by Gasteiger charge is 2.34. The van der Waals surface area contributed by atoms with E-state index < -0.39 is 36.0 Å². The summed E-state index contributed by atoms with van der Waals surface area (Å²) in [4.78, 5) is 33.6. The van der Waals surface area contributed by atoms with Crippen molar-refractivity contribution >= 4 is 23.5 Å². The summed E-state index contributed by atoms with van der Waals surface area (Å²) in [5.74, 6) is -3.99. The van der Waals surface area contributed by atoms with Gasteiger partial charge in [0.15, 0.2) is 11.8 Å². The average molecular weight is 252 g/mol. The van der Waals surface area contributed by atoms with Gasteiger partial charge in [0.25, 0.3) is 11.8 Å². The summed E-state index contributed by atoms with van der Waals surface area (Å²) in [7, 11) is 0. The van der Waals surface area contributed by atoms with E-state index in [1.54, 1.807) is 0 Å². The number of carbonyl (C=O) groups excluding carboxylic acids is 2. The van der Waals surface area contributed by atoms with E-state index in [9.17, 15) is 24.6 Å². The number of aliphatic carboxylic acids is 1. The molecular formula is C10H8N2O6. The molecule has 0 radical (unpaired) electrons. The number of amides is 2. The number of imide groups is 1. The number of carbonyl (C=O) groups is 3. The summed E-state index contributed by atoms with van der Waals surface area (Å²) in [6.07, 6.45) is -0.691. The third kappa shape index (κ3) is 1.69. The fourth-order valence-corrected chi connectivity index (χ4v) is 1.68. The lowest BCUT2D eigenvalue weighted by Crippen LogP contribution is -2.24. The van der Waals surface area contributed by atoms with E-state index in [1.165, 1.54) is 0 Å². The van der Waals surface area contributed by atoms with Crippen LogP contribution in [-0.4, -0.2) is 37.7 Å². The van der Waals surface area contributed by atoms with Crippen molar-refractivity contribution in [1.82, 2.24) is 9.88 Å². The van der Waals surface area contributed by atoms with Gasteiger partial charge in [-0.25, -0.2) is 4.57 Å².